The first kappa shape index (κ1) is 20.3. The second-order valence-corrected chi connectivity index (χ2v) is 7.34. The Morgan fingerprint density at radius 1 is 0.968 bits per heavy atom. The topological polar surface area (TPSA) is 81.3 Å². The summed E-state index contributed by atoms with van der Waals surface area (Å²) in [4.78, 5) is 25.7. The molecule has 31 heavy (non-hydrogen) atoms. The molecule has 0 unspecified atom stereocenters. The zero-order valence-corrected chi connectivity index (χ0v) is 16.9. The molecule has 0 fully saturated rings. The van der Waals surface area contributed by atoms with Crippen molar-refractivity contribution in [3.8, 4) is 0 Å². The maximum Gasteiger partial charge on any atom is 0.271 e. The van der Waals surface area contributed by atoms with Crippen molar-refractivity contribution < 1.29 is 9.72 Å². The largest absolute Gasteiger partial charge is 0.336 e. The number of nitrogens with zero attached hydrogens (tertiary/aromatic N) is 4. The van der Waals surface area contributed by atoms with E-state index in [1.165, 1.54) is 16.8 Å². The van der Waals surface area contributed by atoms with Crippen LogP contribution in [0.5, 0.6) is 0 Å². The summed E-state index contributed by atoms with van der Waals surface area (Å²) in [6.45, 7) is 1.08. The van der Waals surface area contributed by atoms with E-state index >= 15 is 0 Å². The molecule has 1 aromatic heterocycles. The molecule has 1 heterocycles. The summed E-state index contributed by atoms with van der Waals surface area (Å²) in [7, 11) is 0. The van der Waals surface area contributed by atoms with Gasteiger partial charge in [0.1, 0.15) is 6.54 Å². The maximum absolute atomic E-state index is 13.2. The van der Waals surface area contributed by atoms with Gasteiger partial charge in [-0.25, -0.2) is 0 Å². The minimum Gasteiger partial charge on any atom is -0.336 e. The fraction of sp³-hybridized carbons (Fsp3) is 0.167. The van der Waals surface area contributed by atoms with Gasteiger partial charge in [-0.05, 0) is 23.6 Å². The average Bonchev–Trinajstić information content (AvgIpc) is 3.20. The summed E-state index contributed by atoms with van der Waals surface area (Å²) in [6.07, 6.45) is 2.36. The van der Waals surface area contributed by atoms with Gasteiger partial charge >= 0.3 is 0 Å². The highest BCUT2D eigenvalue weighted by atomic mass is 16.6. The summed E-state index contributed by atoms with van der Waals surface area (Å²) in [5.74, 6) is -0.0868. The van der Waals surface area contributed by atoms with Crippen LogP contribution in [0.15, 0.2) is 85.1 Å². The molecule has 4 aromatic rings. The van der Waals surface area contributed by atoms with Crippen LogP contribution in [0.2, 0.25) is 0 Å². The Hall–Kier alpha value is -4.00. The van der Waals surface area contributed by atoms with Crippen molar-refractivity contribution in [1.82, 2.24) is 14.7 Å². The molecule has 4 rings (SSSR count). The molecule has 0 radical (unpaired) electrons. The highest BCUT2D eigenvalue weighted by Gasteiger charge is 2.18. The zero-order valence-electron chi connectivity index (χ0n) is 16.9. The first-order valence-electron chi connectivity index (χ1n) is 10.1. The van der Waals surface area contributed by atoms with E-state index in [-0.39, 0.29) is 18.1 Å². The summed E-state index contributed by atoms with van der Waals surface area (Å²) >= 11 is 0. The molecule has 0 aliphatic carbocycles. The van der Waals surface area contributed by atoms with E-state index in [1.54, 1.807) is 12.3 Å². The molecule has 7 heteroatoms. The Bertz CT molecular complexity index is 1190. The standard InChI is InChI=1S/C24H22N4O3/c29-24(18-27-23-15-22(28(30)31)12-11-21(23)16-25-27)26(17-20-9-5-2-6-10-20)14-13-19-7-3-1-4-8-19/h1-12,15-16H,13-14,17-18H2. The fourth-order valence-electron chi connectivity index (χ4n) is 3.53. The van der Waals surface area contributed by atoms with Gasteiger partial charge in [-0.3, -0.25) is 19.6 Å². The Kier molecular flexibility index (Phi) is 6.03. The monoisotopic (exact) mass is 414 g/mol. The predicted octanol–water partition coefficient (Wildman–Crippen LogP) is 4.22. The average molecular weight is 414 g/mol. The van der Waals surface area contributed by atoms with Crippen LogP contribution in [0.4, 0.5) is 5.69 Å². The van der Waals surface area contributed by atoms with Crippen LogP contribution in [0.1, 0.15) is 11.1 Å². The summed E-state index contributed by atoms with van der Waals surface area (Å²) < 4.78 is 1.53. The predicted molar refractivity (Wildman–Crippen MR) is 118 cm³/mol. The molecule has 0 spiro atoms. The summed E-state index contributed by atoms with van der Waals surface area (Å²) in [5.41, 5.74) is 2.76. The highest BCUT2D eigenvalue weighted by molar-refractivity contribution is 5.83. The minimum atomic E-state index is -0.444. The third kappa shape index (κ3) is 4.95. The number of non-ortho nitro benzene ring substituents is 1. The van der Waals surface area contributed by atoms with E-state index in [0.29, 0.717) is 18.6 Å². The van der Waals surface area contributed by atoms with Crippen LogP contribution in [-0.4, -0.2) is 32.1 Å². The number of hydrogen-bond donors (Lipinski definition) is 0. The lowest BCUT2D eigenvalue weighted by Crippen LogP contribution is -2.35. The zero-order chi connectivity index (χ0) is 21.6. The van der Waals surface area contributed by atoms with E-state index in [1.807, 2.05) is 65.6 Å². The molecular formula is C24H22N4O3. The number of nitro groups is 1. The lowest BCUT2D eigenvalue weighted by molar-refractivity contribution is -0.384. The Balaban J connectivity index is 1.55. The number of amides is 1. The van der Waals surface area contributed by atoms with Crippen molar-refractivity contribution in [2.75, 3.05) is 6.54 Å². The van der Waals surface area contributed by atoms with Gasteiger partial charge in [0, 0.05) is 30.6 Å². The maximum atomic E-state index is 13.2. The highest BCUT2D eigenvalue weighted by Crippen LogP contribution is 2.21. The molecule has 0 saturated heterocycles. The van der Waals surface area contributed by atoms with E-state index in [2.05, 4.69) is 5.10 Å². The molecule has 0 bridgehead atoms. The van der Waals surface area contributed by atoms with Gasteiger partial charge in [-0.2, -0.15) is 5.10 Å². The van der Waals surface area contributed by atoms with Crippen molar-refractivity contribution in [2.24, 2.45) is 0 Å². The SMILES string of the molecule is O=C(Cn1ncc2ccc([N+](=O)[O-])cc21)N(CCc1ccccc1)Cc1ccccc1. The molecular weight excluding hydrogens is 392 g/mol. The molecule has 156 valence electrons. The van der Waals surface area contributed by atoms with Crippen molar-refractivity contribution in [1.29, 1.82) is 0 Å². The van der Waals surface area contributed by atoms with E-state index in [0.717, 1.165) is 22.9 Å². The normalized spacial score (nSPS) is 10.8. The van der Waals surface area contributed by atoms with E-state index in [4.69, 9.17) is 0 Å². The van der Waals surface area contributed by atoms with Crippen LogP contribution < -0.4 is 0 Å². The van der Waals surface area contributed by atoms with Gasteiger partial charge in [0.25, 0.3) is 5.69 Å². The quantitative estimate of drug-likeness (QED) is 0.319. The lowest BCUT2D eigenvalue weighted by Gasteiger charge is -2.23. The first-order chi connectivity index (χ1) is 15.1. The molecule has 0 aliphatic rings. The van der Waals surface area contributed by atoms with Crippen LogP contribution >= 0.6 is 0 Å². The van der Waals surface area contributed by atoms with Gasteiger partial charge in [-0.1, -0.05) is 60.7 Å². The molecule has 1 amide bonds. The number of aromatic nitrogens is 2. The van der Waals surface area contributed by atoms with Gasteiger partial charge in [0.05, 0.1) is 16.6 Å². The number of carbonyl (C=O) groups is 1. The van der Waals surface area contributed by atoms with Gasteiger partial charge in [0.15, 0.2) is 0 Å². The smallest absolute Gasteiger partial charge is 0.271 e. The van der Waals surface area contributed by atoms with Crippen LogP contribution in [0.3, 0.4) is 0 Å². The van der Waals surface area contributed by atoms with Crippen molar-refractivity contribution >= 4 is 22.5 Å². The van der Waals surface area contributed by atoms with Gasteiger partial charge in [0.2, 0.25) is 5.91 Å². The second kappa shape index (κ2) is 9.21. The first-order valence-corrected chi connectivity index (χ1v) is 10.1. The molecule has 0 aliphatic heterocycles. The molecule has 0 atom stereocenters. The molecule has 3 aromatic carbocycles. The summed E-state index contributed by atoms with van der Waals surface area (Å²) in [5, 5.41) is 16.2. The van der Waals surface area contributed by atoms with E-state index in [9.17, 15) is 14.9 Å². The number of fused-ring (bicyclic) bond motifs is 1. The fourth-order valence-corrected chi connectivity index (χ4v) is 3.53. The number of rotatable bonds is 8. The second-order valence-electron chi connectivity index (χ2n) is 7.34. The lowest BCUT2D eigenvalue weighted by atomic mass is 10.1. The number of benzene rings is 3. The van der Waals surface area contributed by atoms with Crippen molar-refractivity contribution in [3.05, 3.63) is 106 Å². The van der Waals surface area contributed by atoms with Crippen LogP contribution in [0, 0.1) is 10.1 Å². The minimum absolute atomic E-state index is 0.0201. The Morgan fingerprint density at radius 3 is 2.32 bits per heavy atom. The van der Waals surface area contributed by atoms with Crippen LogP contribution in [0.25, 0.3) is 10.9 Å². The Morgan fingerprint density at radius 2 is 1.65 bits per heavy atom. The number of nitro benzene ring substituents is 1. The Labute approximate surface area is 179 Å². The molecule has 0 saturated carbocycles. The summed E-state index contributed by atoms with van der Waals surface area (Å²) in [6, 6.07) is 24.4. The van der Waals surface area contributed by atoms with Crippen molar-refractivity contribution in [3.63, 3.8) is 0 Å². The van der Waals surface area contributed by atoms with E-state index < -0.39 is 4.92 Å². The van der Waals surface area contributed by atoms with Gasteiger partial charge < -0.3 is 4.90 Å². The molecule has 0 N–H and O–H groups in total. The third-order valence-corrected chi connectivity index (χ3v) is 5.21. The van der Waals surface area contributed by atoms with Gasteiger partial charge in [-0.15, -0.1) is 0 Å². The third-order valence-electron chi connectivity index (χ3n) is 5.21. The number of hydrogen-bond acceptors (Lipinski definition) is 4. The van der Waals surface area contributed by atoms with Crippen LogP contribution in [-0.2, 0) is 24.3 Å². The van der Waals surface area contributed by atoms with Crippen molar-refractivity contribution in [2.45, 2.75) is 19.5 Å². The number of carbonyl (C=O) groups excluding carboxylic acids is 1. The molecule has 7 nitrogen and oxygen atoms in total.